The number of rotatable bonds is 4. The summed E-state index contributed by atoms with van der Waals surface area (Å²) in [5, 5.41) is 8.81. The highest BCUT2D eigenvalue weighted by molar-refractivity contribution is 8.18. The number of nitrogens with zero attached hydrogens (tertiary/aromatic N) is 1. The third-order valence-electron chi connectivity index (χ3n) is 3.20. The van der Waals surface area contributed by atoms with E-state index in [1.54, 1.807) is 18.2 Å². The Morgan fingerprint density at radius 2 is 1.67 bits per heavy atom. The molecule has 0 unspecified atom stereocenters. The predicted molar refractivity (Wildman–Crippen MR) is 101 cm³/mol. The highest BCUT2D eigenvalue weighted by atomic mass is 35.5. The van der Waals surface area contributed by atoms with Crippen molar-refractivity contribution in [1.29, 1.82) is 0 Å². The lowest BCUT2D eigenvalue weighted by molar-refractivity contribution is -0.115. The molecular formula is C17H13Cl2N3OS. The molecule has 0 saturated carbocycles. The van der Waals surface area contributed by atoms with E-state index in [1.165, 1.54) is 11.8 Å². The van der Waals surface area contributed by atoms with Crippen molar-refractivity contribution in [2.45, 2.75) is 6.54 Å². The number of benzene rings is 2. The van der Waals surface area contributed by atoms with E-state index in [4.69, 9.17) is 23.2 Å². The molecule has 2 aromatic carbocycles. The van der Waals surface area contributed by atoms with Crippen LogP contribution in [0.5, 0.6) is 0 Å². The number of amidine groups is 1. The minimum atomic E-state index is -0.165. The zero-order valence-electron chi connectivity index (χ0n) is 12.4. The van der Waals surface area contributed by atoms with Gasteiger partial charge in [-0.15, -0.1) is 0 Å². The molecule has 0 atom stereocenters. The van der Waals surface area contributed by atoms with Crippen LogP contribution in [0.4, 0.5) is 0 Å². The van der Waals surface area contributed by atoms with Crippen LogP contribution in [0.25, 0.3) is 6.08 Å². The maximum atomic E-state index is 12.0. The third-order valence-corrected chi connectivity index (χ3v) is 4.61. The molecule has 24 heavy (non-hydrogen) atoms. The maximum Gasteiger partial charge on any atom is 0.264 e. The standard InChI is InChI=1S/C17H13Cl2N3OS/c18-13-5-1-11(2-6-13)9-15-16(23)21-17(24-15)22-20-10-12-3-7-14(19)8-4-12/h1-9,20H,10H2,(H,21,22,23)/b15-9-. The van der Waals surface area contributed by atoms with E-state index in [2.05, 4.69) is 15.8 Å². The maximum absolute atomic E-state index is 12.0. The Kier molecular flexibility index (Phi) is 5.45. The summed E-state index contributed by atoms with van der Waals surface area (Å²) in [6.07, 6.45) is 1.80. The molecule has 2 aromatic rings. The second-order valence-electron chi connectivity index (χ2n) is 4.99. The summed E-state index contributed by atoms with van der Waals surface area (Å²) in [6, 6.07) is 14.8. The second-order valence-corrected chi connectivity index (χ2v) is 6.90. The Bertz CT molecular complexity index is 802. The first kappa shape index (κ1) is 16.9. The van der Waals surface area contributed by atoms with Crippen molar-refractivity contribution in [1.82, 2.24) is 10.7 Å². The SMILES string of the molecule is O=C1N/C(=N/NCc2ccc(Cl)cc2)S/C1=C\c1ccc(Cl)cc1. The smallest absolute Gasteiger partial charge is 0.264 e. The van der Waals surface area contributed by atoms with E-state index >= 15 is 0 Å². The molecule has 1 saturated heterocycles. The molecule has 2 N–H and O–H groups in total. The molecule has 1 fully saturated rings. The van der Waals surface area contributed by atoms with E-state index in [0.717, 1.165) is 11.1 Å². The first-order chi connectivity index (χ1) is 11.6. The average molecular weight is 378 g/mol. The first-order valence-electron chi connectivity index (χ1n) is 7.11. The molecule has 0 radical (unpaired) electrons. The van der Waals surface area contributed by atoms with Crippen LogP contribution in [0, 0.1) is 0 Å². The predicted octanol–water partition coefficient (Wildman–Crippen LogP) is 4.26. The highest BCUT2D eigenvalue weighted by Crippen LogP contribution is 2.26. The van der Waals surface area contributed by atoms with Crippen molar-refractivity contribution >= 4 is 52.1 Å². The number of hydrogen-bond acceptors (Lipinski definition) is 4. The molecule has 4 nitrogen and oxygen atoms in total. The summed E-state index contributed by atoms with van der Waals surface area (Å²) in [5.74, 6) is -0.165. The summed E-state index contributed by atoms with van der Waals surface area (Å²) in [4.78, 5) is 12.6. The second kappa shape index (κ2) is 7.75. The highest BCUT2D eigenvalue weighted by Gasteiger charge is 2.23. The van der Waals surface area contributed by atoms with Gasteiger partial charge >= 0.3 is 0 Å². The van der Waals surface area contributed by atoms with E-state index in [1.807, 2.05) is 36.4 Å². The Balaban J connectivity index is 1.61. The lowest BCUT2D eigenvalue weighted by Gasteiger charge is -2.01. The van der Waals surface area contributed by atoms with Crippen LogP contribution in [0.2, 0.25) is 10.0 Å². The van der Waals surface area contributed by atoms with Gasteiger partial charge in [-0.25, -0.2) is 0 Å². The van der Waals surface area contributed by atoms with Crippen molar-refractivity contribution < 1.29 is 4.79 Å². The van der Waals surface area contributed by atoms with Gasteiger partial charge in [-0.3, -0.25) is 10.1 Å². The van der Waals surface area contributed by atoms with Crippen LogP contribution in [-0.2, 0) is 11.3 Å². The summed E-state index contributed by atoms with van der Waals surface area (Å²) in [7, 11) is 0. The fraction of sp³-hybridized carbons (Fsp3) is 0.0588. The Morgan fingerprint density at radius 3 is 2.33 bits per heavy atom. The van der Waals surface area contributed by atoms with Gasteiger partial charge in [-0.2, -0.15) is 5.10 Å². The van der Waals surface area contributed by atoms with Crippen LogP contribution in [0.15, 0.2) is 58.5 Å². The molecular weight excluding hydrogens is 365 g/mol. The van der Waals surface area contributed by atoms with Gasteiger partial charge < -0.3 is 5.43 Å². The first-order valence-corrected chi connectivity index (χ1v) is 8.69. The topological polar surface area (TPSA) is 53.5 Å². The molecule has 1 amide bonds. The number of thioether (sulfide) groups is 1. The Morgan fingerprint density at radius 1 is 1.04 bits per heavy atom. The largest absolute Gasteiger partial charge is 0.303 e. The van der Waals surface area contributed by atoms with Gasteiger partial charge in [0.1, 0.15) is 0 Å². The monoisotopic (exact) mass is 377 g/mol. The van der Waals surface area contributed by atoms with Gasteiger partial charge in [0.25, 0.3) is 5.91 Å². The van der Waals surface area contributed by atoms with Crippen molar-refractivity contribution in [2.75, 3.05) is 0 Å². The van der Waals surface area contributed by atoms with Gasteiger partial charge in [-0.05, 0) is 53.2 Å². The Labute approximate surface area is 153 Å². The quantitative estimate of drug-likeness (QED) is 0.618. The zero-order valence-corrected chi connectivity index (χ0v) is 14.8. The van der Waals surface area contributed by atoms with Crippen LogP contribution in [0.1, 0.15) is 11.1 Å². The normalized spacial score (nSPS) is 17.3. The Hall–Kier alpha value is -1.95. The van der Waals surface area contributed by atoms with Gasteiger partial charge in [0.15, 0.2) is 5.17 Å². The number of carbonyl (C=O) groups excluding carboxylic acids is 1. The van der Waals surface area contributed by atoms with E-state index in [9.17, 15) is 4.79 Å². The summed E-state index contributed by atoms with van der Waals surface area (Å²) in [5.41, 5.74) is 4.90. The van der Waals surface area contributed by atoms with Crippen LogP contribution in [-0.4, -0.2) is 11.1 Å². The summed E-state index contributed by atoms with van der Waals surface area (Å²) >= 11 is 13.0. The molecule has 7 heteroatoms. The number of halogens is 2. The fourth-order valence-corrected chi connectivity index (χ4v) is 3.05. The molecule has 0 bridgehead atoms. The summed E-state index contributed by atoms with van der Waals surface area (Å²) < 4.78 is 0. The van der Waals surface area contributed by atoms with Crippen molar-refractivity contribution in [2.24, 2.45) is 5.10 Å². The third kappa shape index (κ3) is 4.54. The van der Waals surface area contributed by atoms with Crippen molar-refractivity contribution in [3.05, 3.63) is 74.6 Å². The van der Waals surface area contributed by atoms with Crippen LogP contribution < -0.4 is 10.7 Å². The molecule has 122 valence electrons. The lowest BCUT2D eigenvalue weighted by Crippen LogP contribution is -2.22. The zero-order chi connectivity index (χ0) is 16.9. The molecule has 1 heterocycles. The van der Waals surface area contributed by atoms with Gasteiger partial charge in [0, 0.05) is 10.0 Å². The molecule has 0 aliphatic carbocycles. The van der Waals surface area contributed by atoms with Crippen molar-refractivity contribution in [3.63, 3.8) is 0 Å². The van der Waals surface area contributed by atoms with Gasteiger partial charge in [0.2, 0.25) is 0 Å². The number of hydrogen-bond donors (Lipinski definition) is 2. The minimum absolute atomic E-state index is 0.165. The minimum Gasteiger partial charge on any atom is -0.303 e. The number of nitrogens with one attached hydrogen (secondary N) is 2. The summed E-state index contributed by atoms with van der Waals surface area (Å²) in [6.45, 7) is 0.549. The molecule has 0 aromatic heterocycles. The van der Waals surface area contributed by atoms with Gasteiger partial charge in [0.05, 0.1) is 11.4 Å². The number of amides is 1. The lowest BCUT2D eigenvalue weighted by atomic mass is 10.2. The number of hydrazone groups is 1. The van der Waals surface area contributed by atoms with Gasteiger partial charge in [-0.1, -0.05) is 47.5 Å². The van der Waals surface area contributed by atoms with E-state index in [0.29, 0.717) is 26.7 Å². The molecule has 0 spiro atoms. The molecule has 3 rings (SSSR count). The fourth-order valence-electron chi connectivity index (χ4n) is 2.00. The number of carbonyl (C=O) groups is 1. The molecule has 1 aliphatic rings. The van der Waals surface area contributed by atoms with E-state index in [-0.39, 0.29) is 5.91 Å². The van der Waals surface area contributed by atoms with Crippen molar-refractivity contribution in [3.8, 4) is 0 Å². The molecule has 1 aliphatic heterocycles. The van der Waals surface area contributed by atoms with Crippen LogP contribution in [0.3, 0.4) is 0 Å². The average Bonchev–Trinajstić information content (AvgIpc) is 2.91. The van der Waals surface area contributed by atoms with E-state index < -0.39 is 0 Å². The van der Waals surface area contributed by atoms with Crippen LogP contribution >= 0.6 is 35.0 Å².